The molecule has 0 unspecified atom stereocenters. The van der Waals surface area contributed by atoms with Gasteiger partial charge in [-0.15, -0.1) is 0 Å². The number of nitrogens with one attached hydrogen (secondary N) is 2. The Hall–Kier alpha value is -2.30. The molecule has 0 spiro atoms. The maximum Gasteiger partial charge on any atom is 0.223 e. The number of hydrogen-bond donors (Lipinski definition) is 2. The summed E-state index contributed by atoms with van der Waals surface area (Å²) < 4.78 is 5.62. The van der Waals surface area contributed by atoms with E-state index in [1.54, 1.807) is 6.20 Å². The molecule has 1 amide bonds. The Balaban J connectivity index is 1.71. The summed E-state index contributed by atoms with van der Waals surface area (Å²) in [7, 11) is 0. The molecule has 0 bridgehead atoms. The smallest absolute Gasteiger partial charge is 0.223 e. The van der Waals surface area contributed by atoms with E-state index in [0.29, 0.717) is 19.6 Å². The Bertz CT molecular complexity index is 565. The molecule has 20 heavy (non-hydrogen) atoms. The molecule has 2 rings (SSSR count). The van der Waals surface area contributed by atoms with E-state index in [1.165, 1.54) is 5.56 Å². The molecule has 0 aliphatic carbocycles. The van der Waals surface area contributed by atoms with E-state index in [-0.39, 0.29) is 5.91 Å². The van der Waals surface area contributed by atoms with Gasteiger partial charge < -0.3 is 10.1 Å². The van der Waals surface area contributed by atoms with Gasteiger partial charge in [0, 0.05) is 6.20 Å². The monoisotopic (exact) mass is 273 g/mol. The summed E-state index contributed by atoms with van der Waals surface area (Å²) in [5.41, 5.74) is 3.17. The maximum absolute atomic E-state index is 11.6. The quantitative estimate of drug-likeness (QED) is 0.847. The van der Waals surface area contributed by atoms with E-state index >= 15 is 0 Å². The molecule has 0 aliphatic heterocycles. The summed E-state index contributed by atoms with van der Waals surface area (Å²) in [5.74, 6) is 0.793. The molecule has 1 heterocycles. The first kappa shape index (κ1) is 14.1. The lowest BCUT2D eigenvalue weighted by molar-refractivity contribution is -0.121. The van der Waals surface area contributed by atoms with Crippen molar-refractivity contribution in [1.82, 2.24) is 15.5 Å². The minimum Gasteiger partial charge on any atom is -0.493 e. The van der Waals surface area contributed by atoms with Crippen LogP contribution >= 0.6 is 0 Å². The standard InChI is InChI=1S/C15H19N3O2/c1-11-3-4-14(12(2)9-11)20-8-6-15(19)16-10-13-5-7-17-18-13/h3-5,7,9H,6,8,10H2,1-2H3,(H,16,19)(H,17,18). The van der Waals surface area contributed by atoms with Gasteiger partial charge >= 0.3 is 0 Å². The number of ether oxygens (including phenoxy) is 1. The molecule has 1 aromatic heterocycles. The summed E-state index contributed by atoms with van der Waals surface area (Å²) in [6.45, 7) is 4.88. The van der Waals surface area contributed by atoms with Gasteiger partial charge in [0.2, 0.25) is 5.91 Å². The predicted molar refractivity (Wildman–Crippen MR) is 76.5 cm³/mol. The average Bonchev–Trinajstić information content (AvgIpc) is 2.92. The fourth-order valence-corrected chi connectivity index (χ4v) is 1.88. The average molecular weight is 273 g/mol. The van der Waals surface area contributed by atoms with Gasteiger partial charge in [0.25, 0.3) is 0 Å². The second-order valence-electron chi connectivity index (χ2n) is 4.73. The van der Waals surface area contributed by atoms with Crippen LogP contribution in [0.3, 0.4) is 0 Å². The molecule has 0 radical (unpaired) electrons. The van der Waals surface area contributed by atoms with Gasteiger partial charge in [0.15, 0.2) is 0 Å². The molecule has 106 valence electrons. The molecule has 2 aromatic rings. The molecule has 0 saturated heterocycles. The Labute approximate surface area is 118 Å². The Morgan fingerprint density at radius 1 is 1.35 bits per heavy atom. The first-order chi connectivity index (χ1) is 9.65. The fraction of sp³-hybridized carbons (Fsp3) is 0.333. The van der Waals surface area contributed by atoms with E-state index in [2.05, 4.69) is 21.6 Å². The van der Waals surface area contributed by atoms with Crippen molar-refractivity contribution >= 4 is 5.91 Å². The number of carbonyl (C=O) groups excluding carboxylic acids is 1. The summed E-state index contributed by atoms with van der Waals surface area (Å²) in [4.78, 5) is 11.6. The third kappa shape index (κ3) is 4.12. The van der Waals surface area contributed by atoms with Crippen molar-refractivity contribution < 1.29 is 9.53 Å². The fourth-order valence-electron chi connectivity index (χ4n) is 1.88. The van der Waals surface area contributed by atoms with E-state index in [4.69, 9.17) is 4.74 Å². The van der Waals surface area contributed by atoms with E-state index in [1.807, 2.05) is 32.0 Å². The number of aromatic nitrogens is 2. The van der Waals surface area contributed by atoms with Crippen molar-refractivity contribution in [2.75, 3.05) is 6.61 Å². The zero-order chi connectivity index (χ0) is 14.4. The van der Waals surface area contributed by atoms with Gasteiger partial charge in [-0.1, -0.05) is 17.7 Å². The van der Waals surface area contributed by atoms with Crippen LogP contribution in [0.4, 0.5) is 0 Å². The highest BCUT2D eigenvalue weighted by Gasteiger charge is 2.04. The van der Waals surface area contributed by atoms with Gasteiger partial charge in [-0.05, 0) is 31.5 Å². The predicted octanol–water partition coefficient (Wildman–Crippen LogP) is 2.11. The second kappa shape index (κ2) is 6.75. The third-order valence-corrected chi connectivity index (χ3v) is 2.95. The van der Waals surface area contributed by atoms with Gasteiger partial charge in [-0.3, -0.25) is 9.89 Å². The topological polar surface area (TPSA) is 67.0 Å². The lowest BCUT2D eigenvalue weighted by Gasteiger charge is -2.09. The Kier molecular flexibility index (Phi) is 4.76. The first-order valence-electron chi connectivity index (χ1n) is 6.60. The number of aryl methyl sites for hydroxylation is 2. The van der Waals surface area contributed by atoms with Crippen molar-refractivity contribution in [2.24, 2.45) is 0 Å². The summed E-state index contributed by atoms with van der Waals surface area (Å²) in [5, 5.41) is 9.41. The highest BCUT2D eigenvalue weighted by Crippen LogP contribution is 2.18. The molecule has 0 atom stereocenters. The molecule has 5 heteroatoms. The van der Waals surface area contributed by atoms with Crippen LogP contribution in [-0.4, -0.2) is 22.7 Å². The van der Waals surface area contributed by atoms with Crippen LogP contribution in [-0.2, 0) is 11.3 Å². The van der Waals surface area contributed by atoms with Crippen LogP contribution in [0.15, 0.2) is 30.5 Å². The lowest BCUT2D eigenvalue weighted by atomic mass is 10.1. The van der Waals surface area contributed by atoms with Crippen molar-refractivity contribution in [3.63, 3.8) is 0 Å². The van der Waals surface area contributed by atoms with E-state index in [0.717, 1.165) is 17.0 Å². The van der Waals surface area contributed by atoms with Crippen LogP contribution in [0.1, 0.15) is 23.2 Å². The number of amides is 1. The lowest BCUT2D eigenvalue weighted by Crippen LogP contribution is -2.24. The van der Waals surface area contributed by atoms with Crippen LogP contribution in [0.2, 0.25) is 0 Å². The number of benzene rings is 1. The number of hydrogen-bond acceptors (Lipinski definition) is 3. The zero-order valence-electron chi connectivity index (χ0n) is 11.8. The first-order valence-corrected chi connectivity index (χ1v) is 6.60. The van der Waals surface area contributed by atoms with Gasteiger partial charge in [-0.2, -0.15) is 5.10 Å². The van der Waals surface area contributed by atoms with E-state index in [9.17, 15) is 4.79 Å². The van der Waals surface area contributed by atoms with Gasteiger partial charge in [0.05, 0.1) is 25.3 Å². The normalized spacial score (nSPS) is 10.3. The number of carbonyl (C=O) groups is 1. The van der Waals surface area contributed by atoms with Crippen LogP contribution in [0, 0.1) is 13.8 Å². The van der Waals surface area contributed by atoms with Crippen LogP contribution in [0.5, 0.6) is 5.75 Å². The number of aromatic amines is 1. The molecular weight excluding hydrogens is 254 g/mol. The Morgan fingerprint density at radius 2 is 2.20 bits per heavy atom. The number of nitrogens with zero attached hydrogens (tertiary/aromatic N) is 1. The van der Waals surface area contributed by atoms with E-state index < -0.39 is 0 Å². The third-order valence-electron chi connectivity index (χ3n) is 2.95. The van der Waals surface area contributed by atoms with Gasteiger partial charge in [0.1, 0.15) is 5.75 Å². The van der Waals surface area contributed by atoms with Crippen molar-refractivity contribution in [3.05, 3.63) is 47.3 Å². The molecule has 1 aromatic carbocycles. The SMILES string of the molecule is Cc1ccc(OCCC(=O)NCc2ccn[nH]2)c(C)c1. The van der Waals surface area contributed by atoms with Crippen molar-refractivity contribution in [3.8, 4) is 5.75 Å². The molecular formula is C15H19N3O2. The zero-order valence-corrected chi connectivity index (χ0v) is 11.8. The Morgan fingerprint density at radius 3 is 2.90 bits per heavy atom. The number of rotatable bonds is 6. The number of H-pyrrole nitrogens is 1. The molecule has 0 aliphatic rings. The minimum absolute atomic E-state index is 0.0376. The van der Waals surface area contributed by atoms with Crippen LogP contribution in [0.25, 0.3) is 0 Å². The van der Waals surface area contributed by atoms with Gasteiger partial charge in [-0.25, -0.2) is 0 Å². The highest BCUT2D eigenvalue weighted by atomic mass is 16.5. The van der Waals surface area contributed by atoms with Crippen molar-refractivity contribution in [2.45, 2.75) is 26.8 Å². The molecule has 2 N–H and O–H groups in total. The molecule has 5 nitrogen and oxygen atoms in total. The summed E-state index contributed by atoms with van der Waals surface area (Å²) >= 11 is 0. The van der Waals surface area contributed by atoms with Crippen molar-refractivity contribution in [1.29, 1.82) is 0 Å². The minimum atomic E-state index is -0.0376. The summed E-state index contributed by atoms with van der Waals surface area (Å²) in [6.07, 6.45) is 1.99. The molecule has 0 saturated carbocycles. The highest BCUT2D eigenvalue weighted by molar-refractivity contribution is 5.75. The second-order valence-corrected chi connectivity index (χ2v) is 4.73. The molecule has 0 fully saturated rings. The largest absolute Gasteiger partial charge is 0.493 e. The maximum atomic E-state index is 11.6. The summed E-state index contributed by atoms with van der Waals surface area (Å²) in [6, 6.07) is 7.83. The van der Waals surface area contributed by atoms with Crippen LogP contribution < -0.4 is 10.1 Å².